The van der Waals surface area contributed by atoms with Gasteiger partial charge in [0.25, 0.3) is 8.32 Å². The van der Waals surface area contributed by atoms with Crippen LogP contribution >= 0.6 is 0 Å². The summed E-state index contributed by atoms with van der Waals surface area (Å²) in [5, 5.41) is 11.4. The average Bonchev–Trinajstić information content (AvgIpc) is 3.70. The summed E-state index contributed by atoms with van der Waals surface area (Å²) in [5.74, 6) is 0. The number of aliphatic hydroxyl groups is 1. The van der Waals surface area contributed by atoms with Crippen molar-refractivity contribution in [3.05, 3.63) is 60.7 Å². The summed E-state index contributed by atoms with van der Waals surface area (Å²) in [6, 6.07) is 21.7. The average molecular weight is 495 g/mol. The molecular formula is C30H42O4Si. The van der Waals surface area contributed by atoms with Crippen LogP contribution in [0.3, 0.4) is 0 Å². The molecule has 4 aliphatic rings. The van der Waals surface area contributed by atoms with Crippen LogP contribution in [-0.4, -0.2) is 50.0 Å². The van der Waals surface area contributed by atoms with Crippen LogP contribution in [0.25, 0.3) is 0 Å². The molecule has 0 bridgehead atoms. The molecule has 4 fully saturated rings. The predicted octanol–water partition coefficient (Wildman–Crippen LogP) is 4.96. The molecule has 0 amide bonds. The van der Waals surface area contributed by atoms with Crippen LogP contribution in [0.5, 0.6) is 0 Å². The van der Waals surface area contributed by atoms with Gasteiger partial charge in [-0.2, -0.15) is 0 Å². The molecule has 0 aromatic heterocycles. The Balaban J connectivity index is 0.000000234. The number of rotatable bonds is 6. The minimum atomic E-state index is -2.42. The van der Waals surface area contributed by atoms with Gasteiger partial charge in [-0.3, -0.25) is 0 Å². The van der Waals surface area contributed by atoms with Gasteiger partial charge >= 0.3 is 0 Å². The first-order valence-corrected chi connectivity index (χ1v) is 15.4. The Morgan fingerprint density at radius 1 is 0.771 bits per heavy atom. The highest BCUT2D eigenvalue weighted by atomic mass is 28.4. The van der Waals surface area contributed by atoms with Gasteiger partial charge in [0.1, 0.15) is 0 Å². The minimum Gasteiger partial charge on any atom is -0.405 e. The predicted molar refractivity (Wildman–Crippen MR) is 143 cm³/mol. The summed E-state index contributed by atoms with van der Waals surface area (Å²) < 4.78 is 18.9. The van der Waals surface area contributed by atoms with Crippen molar-refractivity contribution in [3.63, 3.8) is 0 Å². The van der Waals surface area contributed by atoms with Crippen LogP contribution < -0.4 is 10.4 Å². The third-order valence-electron chi connectivity index (χ3n) is 8.40. The fourth-order valence-electron chi connectivity index (χ4n) is 6.03. The van der Waals surface area contributed by atoms with E-state index in [-0.39, 0.29) is 35.1 Å². The van der Waals surface area contributed by atoms with Crippen molar-refractivity contribution in [3.8, 4) is 0 Å². The lowest BCUT2D eigenvalue weighted by Gasteiger charge is -2.43. The zero-order valence-corrected chi connectivity index (χ0v) is 22.7. The highest BCUT2D eigenvalue weighted by Gasteiger charge is 2.53. The van der Waals surface area contributed by atoms with E-state index >= 15 is 0 Å². The molecule has 4 nitrogen and oxygen atoms in total. The van der Waals surface area contributed by atoms with Gasteiger partial charge in [-0.1, -0.05) is 81.4 Å². The molecule has 2 heterocycles. The summed E-state index contributed by atoms with van der Waals surface area (Å²) in [6.45, 7) is 7.90. The van der Waals surface area contributed by atoms with E-state index in [1.165, 1.54) is 48.9 Å². The molecule has 5 heteroatoms. The van der Waals surface area contributed by atoms with E-state index in [2.05, 4.69) is 81.4 Å². The summed E-state index contributed by atoms with van der Waals surface area (Å²) in [5.41, 5.74) is 0.479. The molecule has 0 radical (unpaired) electrons. The summed E-state index contributed by atoms with van der Waals surface area (Å²) in [4.78, 5) is 0. The molecule has 2 aliphatic heterocycles. The number of hydrogen-bond acceptors (Lipinski definition) is 4. The van der Waals surface area contributed by atoms with Gasteiger partial charge in [0.15, 0.2) is 0 Å². The normalized spacial score (nSPS) is 25.9. The topological polar surface area (TPSA) is 47.9 Å². The fraction of sp³-hybridized carbons (Fsp3) is 0.600. The van der Waals surface area contributed by atoms with Gasteiger partial charge in [0.05, 0.1) is 36.6 Å². The van der Waals surface area contributed by atoms with Crippen molar-refractivity contribution in [1.29, 1.82) is 0 Å². The highest BCUT2D eigenvalue weighted by molar-refractivity contribution is 6.99. The number of aliphatic hydroxyl groups excluding tert-OH is 1. The quantitative estimate of drug-likeness (QED) is 0.577. The van der Waals surface area contributed by atoms with E-state index in [0.29, 0.717) is 6.61 Å². The van der Waals surface area contributed by atoms with Gasteiger partial charge in [-0.25, -0.2) is 0 Å². The second-order valence-electron chi connectivity index (χ2n) is 12.1. The maximum Gasteiger partial charge on any atom is 0.261 e. The van der Waals surface area contributed by atoms with E-state index in [4.69, 9.17) is 19.0 Å². The Morgan fingerprint density at radius 2 is 1.23 bits per heavy atom. The lowest BCUT2D eigenvalue weighted by Crippen LogP contribution is -2.67. The van der Waals surface area contributed by atoms with Crippen molar-refractivity contribution < 1.29 is 19.0 Å². The number of hydrogen-bond donors (Lipinski definition) is 1. The van der Waals surface area contributed by atoms with Gasteiger partial charge < -0.3 is 19.0 Å². The van der Waals surface area contributed by atoms with Crippen LogP contribution in [0.2, 0.25) is 5.04 Å². The molecule has 2 saturated heterocycles. The molecule has 2 aromatic rings. The van der Waals surface area contributed by atoms with Gasteiger partial charge in [0.2, 0.25) is 0 Å². The smallest absolute Gasteiger partial charge is 0.261 e. The maximum absolute atomic E-state index is 8.70. The van der Waals surface area contributed by atoms with Crippen molar-refractivity contribution in [1.82, 2.24) is 0 Å². The Bertz CT molecular complexity index is 923. The Kier molecular flexibility index (Phi) is 7.01. The van der Waals surface area contributed by atoms with Gasteiger partial charge in [-0.05, 0) is 66.8 Å². The molecule has 6 rings (SSSR count). The zero-order chi connectivity index (χ0) is 24.6. The minimum absolute atomic E-state index is 0.0333. The molecular weight excluding hydrogens is 452 g/mol. The summed E-state index contributed by atoms with van der Waals surface area (Å²) in [6.07, 6.45) is 9.93. The van der Waals surface area contributed by atoms with Crippen LogP contribution in [0.1, 0.15) is 72.1 Å². The lowest BCUT2D eigenvalue weighted by molar-refractivity contribution is -0.00188. The third kappa shape index (κ3) is 5.30. The molecule has 2 aliphatic carbocycles. The highest BCUT2D eigenvalue weighted by Crippen LogP contribution is 2.50. The molecule has 0 unspecified atom stereocenters. The maximum atomic E-state index is 8.70. The number of ether oxygens (including phenoxy) is 2. The second-order valence-corrected chi connectivity index (χ2v) is 16.4. The van der Waals surface area contributed by atoms with Crippen LogP contribution in [-0.2, 0) is 13.9 Å². The Morgan fingerprint density at radius 3 is 1.60 bits per heavy atom. The molecule has 2 aromatic carbocycles. The Hall–Kier alpha value is -1.50. The first-order chi connectivity index (χ1) is 16.8. The van der Waals surface area contributed by atoms with E-state index < -0.39 is 8.32 Å². The van der Waals surface area contributed by atoms with E-state index in [9.17, 15) is 0 Å². The molecule has 35 heavy (non-hydrogen) atoms. The lowest BCUT2D eigenvalue weighted by atomic mass is 10.2. The van der Waals surface area contributed by atoms with Crippen molar-refractivity contribution in [2.45, 2.75) is 101 Å². The summed E-state index contributed by atoms with van der Waals surface area (Å²) >= 11 is 0. The molecule has 2 spiro atoms. The largest absolute Gasteiger partial charge is 0.405 e. The number of benzene rings is 2. The van der Waals surface area contributed by atoms with Crippen molar-refractivity contribution in [2.24, 2.45) is 0 Å². The van der Waals surface area contributed by atoms with Crippen molar-refractivity contribution in [2.75, 3.05) is 13.2 Å². The Labute approximate surface area is 212 Å². The van der Waals surface area contributed by atoms with Crippen LogP contribution in [0, 0.1) is 0 Å². The zero-order valence-electron chi connectivity index (χ0n) is 21.7. The first-order valence-electron chi connectivity index (χ1n) is 13.5. The first kappa shape index (κ1) is 25.2. The summed E-state index contributed by atoms with van der Waals surface area (Å²) in [7, 11) is -2.42. The standard InChI is InChI=1S/C23H30O2Si.C7H12O2/c1-22(2,3)26(20-10-6-4-7-11-20,21-12-8-5-9-13-21)24-18-19-14-15-23(25-19)16-17-23;8-5-6-1-2-7(9-6)3-4-7/h4-13,19H,14-18H2,1-3H3;6,8H,1-5H2/t19-;6-/m11/s1. The molecule has 2 atom stereocenters. The molecule has 1 N–H and O–H groups in total. The second kappa shape index (κ2) is 9.75. The van der Waals surface area contributed by atoms with Gasteiger partial charge in [-0.15, -0.1) is 0 Å². The van der Waals surface area contributed by atoms with Crippen molar-refractivity contribution >= 4 is 18.7 Å². The molecule has 190 valence electrons. The van der Waals surface area contributed by atoms with Crippen LogP contribution in [0.15, 0.2) is 60.7 Å². The SMILES string of the molecule is CC(C)(C)[Si](OC[C@H]1CCC2(CC2)O1)(c1ccccc1)c1ccccc1.OC[C@H]1CCC2(CC2)O1. The van der Waals surface area contributed by atoms with E-state index in [1.54, 1.807) is 0 Å². The van der Waals surface area contributed by atoms with E-state index in [1.807, 2.05) is 0 Å². The van der Waals surface area contributed by atoms with Gasteiger partial charge in [0, 0.05) is 0 Å². The third-order valence-corrected chi connectivity index (χ3v) is 13.4. The molecule has 2 saturated carbocycles. The monoisotopic (exact) mass is 494 g/mol. The van der Waals surface area contributed by atoms with E-state index in [0.717, 1.165) is 12.8 Å². The fourth-order valence-corrected chi connectivity index (χ4v) is 10.6. The van der Waals surface area contributed by atoms with Crippen LogP contribution in [0.4, 0.5) is 0 Å².